The summed E-state index contributed by atoms with van der Waals surface area (Å²) in [4.78, 5) is 0. The van der Waals surface area contributed by atoms with E-state index < -0.39 is 0 Å². The average molecular weight is 324 g/mol. The first-order chi connectivity index (χ1) is 9.00. The Kier molecular flexibility index (Phi) is 3.48. The van der Waals surface area contributed by atoms with Crippen LogP contribution in [0.5, 0.6) is 0 Å². The van der Waals surface area contributed by atoms with E-state index in [1.807, 2.05) is 0 Å². The lowest BCUT2D eigenvalue weighted by Crippen LogP contribution is -2.66. The molecule has 1 aromatic rings. The SMILES string of the molecule is C[C@@H](NC1C2CCOC2C1(C)C)c1cccc(Br)c1. The van der Waals surface area contributed by atoms with Gasteiger partial charge in [0.2, 0.25) is 0 Å². The van der Waals surface area contributed by atoms with Gasteiger partial charge in [0.05, 0.1) is 6.10 Å². The monoisotopic (exact) mass is 323 g/mol. The average Bonchev–Trinajstić information content (AvgIpc) is 2.82. The van der Waals surface area contributed by atoms with Crippen molar-refractivity contribution in [3.8, 4) is 0 Å². The Morgan fingerprint density at radius 3 is 2.95 bits per heavy atom. The number of ether oxygens (including phenoxy) is 1. The van der Waals surface area contributed by atoms with Gasteiger partial charge in [0.25, 0.3) is 0 Å². The molecule has 1 heterocycles. The molecule has 104 valence electrons. The Balaban J connectivity index is 1.71. The molecule has 1 aliphatic heterocycles. The lowest BCUT2D eigenvalue weighted by atomic mass is 9.57. The van der Waals surface area contributed by atoms with E-state index in [9.17, 15) is 0 Å². The molecule has 2 aliphatic rings. The highest BCUT2D eigenvalue weighted by atomic mass is 79.9. The number of fused-ring (bicyclic) bond motifs is 1. The summed E-state index contributed by atoms with van der Waals surface area (Å²) in [7, 11) is 0. The molecular formula is C16H22BrNO. The third-order valence-electron chi connectivity index (χ3n) is 4.88. The molecule has 3 unspecified atom stereocenters. The molecule has 1 saturated heterocycles. The van der Waals surface area contributed by atoms with Crippen LogP contribution < -0.4 is 5.32 Å². The van der Waals surface area contributed by atoms with Crippen LogP contribution in [0.25, 0.3) is 0 Å². The number of benzene rings is 1. The molecular weight excluding hydrogens is 302 g/mol. The fourth-order valence-corrected chi connectivity index (χ4v) is 4.22. The molecule has 1 N–H and O–H groups in total. The molecule has 1 saturated carbocycles. The zero-order valence-electron chi connectivity index (χ0n) is 11.8. The van der Waals surface area contributed by atoms with E-state index in [4.69, 9.17) is 4.74 Å². The van der Waals surface area contributed by atoms with Crippen molar-refractivity contribution >= 4 is 15.9 Å². The fourth-order valence-electron chi connectivity index (χ4n) is 3.80. The maximum atomic E-state index is 5.86. The van der Waals surface area contributed by atoms with Crippen molar-refractivity contribution in [2.45, 2.75) is 45.4 Å². The number of nitrogens with one attached hydrogen (secondary N) is 1. The zero-order valence-corrected chi connectivity index (χ0v) is 13.4. The minimum Gasteiger partial charge on any atom is -0.377 e. The van der Waals surface area contributed by atoms with Gasteiger partial charge in [0, 0.05) is 34.5 Å². The normalized spacial score (nSPS) is 33.6. The smallest absolute Gasteiger partial charge is 0.0685 e. The summed E-state index contributed by atoms with van der Waals surface area (Å²) in [5.41, 5.74) is 1.59. The first-order valence-electron chi connectivity index (χ1n) is 7.13. The minimum atomic E-state index is 0.251. The van der Waals surface area contributed by atoms with E-state index in [2.05, 4.69) is 66.3 Å². The van der Waals surface area contributed by atoms with Crippen LogP contribution >= 0.6 is 15.9 Å². The Hall–Kier alpha value is -0.380. The molecule has 0 amide bonds. The van der Waals surface area contributed by atoms with Crippen LogP contribution in [0, 0.1) is 11.3 Å². The molecule has 0 aromatic heterocycles. The standard InChI is InChI=1S/C16H22BrNO/c1-10(11-5-4-6-12(17)9-11)18-14-13-7-8-19-15(13)16(14,2)3/h4-6,9-10,13-15,18H,7-8H2,1-3H3/t10-,13?,14?,15?/m1/s1. The summed E-state index contributed by atoms with van der Waals surface area (Å²) in [6, 6.07) is 9.51. The van der Waals surface area contributed by atoms with Crippen LogP contribution in [0.3, 0.4) is 0 Å². The summed E-state index contributed by atoms with van der Waals surface area (Å²) in [5.74, 6) is 0.699. The maximum absolute atomic E-state index is 5.86. The van der Waals surface area contributed by atoms with E-state index in [1.165, 1.54) is 12.0 Å². The largest absolute Gasteiger partial charge is 0.377 e. The van der Waals surface area contributed by atoms with Gasteiger partial charge in [-0.1, -0.05) is 41.9 Å². The van der Waals surface area contributed by atoms with Crippen LogP contribution in [-0.4, -0.2) is 18.8 Å². The van der Waals surface area contributed by atoms with E-state index in [0.29, 0.717) is 24.1 Å². The van der Waals surface area contributed by atoms with E-state index in [-0.39, 0.29) is 5.41 Å². The number of hydrogen-bond donors (Lipinski definition) is 1. The molecule has 19 heavy (non-hydrogen) atoms. The van der Waals surface area contributed by atoms with Crippen LogP contribution in [0.2, 0.25) is 0 Å². The molecule has 1 aliphatic carbocycles. The second-order valence-electron chi connectivity index (χ2n) is 6.49. The van der Waals surface area contributed by atoms with Gasteiger partial charge >= 0.3 is 0 Å². The first kappa shape index (κ1) is 13.6. The molecule has 4 atom stereocenters. The van der Waals surface area contributed by atoms with E-state index >= 15 is 0 Å². The summed E-state index contributed by atoms with van der Waals surface area (Å²) >= 11 is 3.55. The lowest BCUT2D eigenvalue weighted by Gasteiger charge is -2.55. The van der Waals surface area contributed by atoms with Crippen molar-refractivity contribution in [2.75, 3.05) is 6.61 Å². The van der Waals surface area contributed by atoms with Crippen molar-refractivity contribution in [3.05, 3.63) is 34.3 Å². The van der Waals surface area contributed by atoms with Crippen LogP contribution in [0.1, 0.15) is 38.8 Å². The van der Waals surface area contributed by atoms with Crippen molar-refractivity contribution in [3.63, 3.8) is 0 Å². The maximum Gasteiger partial charge on any atom is 0.0685 e. The second kappa shape index (κ2) is 4.87. The Morgan fingerprint density at radius 1 is 1.42 bits per heavy atom. The Bertz CT molecular complexity index is 474. The van der Waals surface area contributed by atoms with Gasteiger partial charge in [-0.25, -0.2) is 0 Å². The molecule has 0 bridgehead atoms. The van der Waals surface area contributed by atoms with Crippen molar-refractivity contribution < 1.29 is 4.74 Å². The third-order valence-corrected chi connectivity index (χ3v) is 5.37. The highest BCUT2D eigenvalue weighted by Gasteiger charge is 2.59. The van der Waals surface area contributed by atoms with Gasteiger partial charge < -0.3 is 10.1 Å². The second-order valence-corrected chi connectivity index (χ2v) is 7.40. The topological polar surface area (TPSA) is 21.3 Å². The summed E-state index contributed by atoms with van der Waals surface area (Å²) in [6.07, 6.45) is 1.66. The molecule has 2 nitrogen and oxygen atoms in total. The van der Waals surface area contributed by atoms with Gasteiger partial charge in [0.15, 0.2) is 0 Å². The van der Waals surface area contributed by atoms with Crippen molar-refractivity contribution in [2.24, 2.45) is 11.3 Å². The zero-order chi connectivity index (χ0) is 13.6. The molecule has 0 spiro atoms. The molecule has 0 radical (unpaired) electrons. The van der Waals surface area contributed by atoms with Crippen LogP contribution in [0.4, 0.5) is 0 Å². The number of rotatable bonds is 3. The fraction of sp³-hybridized carbons (Fsp3) is 0.625. The highest BCUT2D eigenvalue weighted by Crippen LogP contribution is 2.52. The van der Waals surface area contributed by atoms with Crippen molar-refractivity contribution in [1.82, 2.24) is 5.32 Å². The minimum absolute atomic E-state index is 0.251. The van der Waals surface area contributed by atoms with Crippen LogP contribution in [-0.2, 0) is 4.74 Å². The number of halogens is 1. The van der Waals surface area contributed by atoms with E-state index in [1.54, 1.807) is 0 Å². The van der Waals surface area contributed by atoms with Gasteiger partial charge in [-0.3, -0.25) is 0 Å². The highest BCUT2D eigenvalue weighted by molar-refractivity contribution is 9.10. The number of hydrogen-bond acceptors (Lipinski definition) is 2. The molecule has 2 fully saturated rings. The molecule has 1 aromatic carbocycles. The Morgan fingerprint density at radius 2 is 2.21 bits per heavy atom. The van der Waals surface area contributed by atoms with E-state index in [0.717, 1.165) is 11.1 Å². The van der Waals surface area contributed by atoms with Crippen LogP contribution in [0.15, 0.2) is 28.7 Å². The first-order valence-corrected chi connectivity index (χ1v) is 7.92. The molecule has 3 heteroatoms. The van der Waals surface area contributed by atoms with Gasteiger partial charge in [-0.15, -0.1) is 0 Å². The third kappa shape index (κ3) is 2.26. The summed E-state index contributed by atoms with van der Waals surface area (Å²) in [5, 5.41) is 3.82. The van der Waals surface area contributed by atoms with Gasteiger partial charge in [-0.05, 0) is 31.0 Å². The lowest BCUT2D eigenvalue weighted by molar-refractivity contribution is -0.115. The predicted octanol–water partition coefficient (Wildman–Crippen LogP) is 3.91. The molecule has 3 rings (SSSR count). The van der Waals surface area contributed by atoms with Crippen molar-refractivity contribution in [1.29, 1.82) is 0 Å². The Labute approximate surface area is 124 Å². The van der Waals surface area contributed by atoms with Gasteiger partial charge in [0.1, 0.15) is 0 Å². The summed E-state index contributed by atoms with van der Waals surface area (Å²) in [6.45, 7) is 7.83. The quantitative estimate of drug-likeness (QED) is 0.910. The predicted molar refractivity (Wildman–Crippen MR) is 81.1 cm³/mol. The van der Waals surface area contributed by atoms with Gasteiger partial charge in [-0.2, -0.15) is 0 Å². The summed E-state index contributed by atoms with van der Waals surface area (Å²) < 4.78 is 7.00.